The zero-order valence-electron chi connectivity index (χ0n) is 16.5. The minimum absolute atomic E-state index is 0.0271. The van der Waals surface area contributed by atoms with Gasteiger partial charge in [-0.1, -0.05) is 33.1 Å². The second-order valence-electron chi connectivity index (χ2n) is 6.73. The van der Waals surface area contributed by atoms with Crippen molar-refractivity contribution in [3.63, 3.8) is 0 Å². The predicted molar refractivity (Wildman–Crippen MR) is 101 cm³/mol. The van der Waals surface area contributed by atoms with Crippen LogP contribution in [0, 0.1) is 5.41 Å². The lowest BCUT2D eigenvalue weighted by molar-refractivity contribution is -0.167. The van der Waals surface area contributed by atoms with E-state index in [0.29, 0.717) is 0 Å². The molecule has 27 heavy (non-hydrogen) atoms. The Hall–Kier alpha value is -2.41. The van der Waals surface area contributed by atoms with E-state index in [9.17, 15) is 14.4 Å². The van der Waals surface area contributed by atoms with Crippen LogP contribution >= 0.6 is 0 Å². The first-order valence-corrected chi connectivity index (χ1v) is 8.65. The third-order valence-corrected chi connectivity index (χ3v) is 3.68. The molecule has 0 saturated carbocycles. The molecule has 7 heteroatoms. The van der Waals surface area contributed by atoms with Gasteiger partial charge in [0.2, 0.25) is 0 Å². The van der Waals surface area contributed by atoms with Crippen LogP contribution < -0.4 is 0 Å². The number of carbonyl (C=O) groups excluding carboxylic acids is 3. The standard InChI is InChI=1S/C20H30O7/c1-7-11-19(5,6)27-15-20(12-24-16(21)8-2,13-25-17(22)9-3)14-26-18(23)10-4/h8-10H,2-4,7,11-15H2,1,5-6H3. The third-order valence-electron chi connectivity index (χ3n) is 3.68. The number of carbonyl (C=O) groups is 3. The summed E-state index contributed by atoms with van der Waals surface area (Å²) in [7, 11) is 0. The molecule has 0 spiro atoms. The lowest BCUT2D eigenvalue weighted by atomic mass is 9.91. The quantitative estimate of drug-likeness (QED) is 0.259. The second-order valence-corrected chi connectivity index (χ2v) is 6.73. The fraction of sp³-hybridized carbons (Fsp3) is 0.550. The van der Waals surface area contributed by atoms with Crippen molar-refractivity contribution < 1.29 is 33.3 Å². The summed E-state index contributed by atoms with van der Waals surface area (Å²) in [6, 6.07) is 0. The number of rotatable bonds is 14. The van der Waals surface area contributed by atoms with Crippen LogP contribution in [0.5, 0.6) is 0 Å². The molecule has 0 rings (SSSR count). The third kappa shape index (κ3) is 10.4. The van der Waals surface area contributed by atoms with Gasteiger partial charge in [-0.15, -0.1) is 0 Å². The summed E-state index contributed by atoms with van der Waals surface area (Å²) in [5, 5.41) is 0. The zero-order chi connectivity index (χ0) is 20.9. The van der Waals surface area contributed by atoms with Gasteiger partial charge in [-0.2, -0.15) is 0 Å². The molecular weight excluding hydrogens is 352 g/mol. The van der Waals surface area contributed by atoms with E-state index >= 15 is 0 Å². The topological polar surface area (TPSA) is 88.1 Å². The molecule has 0 radical (unpaired) electrons. The maximum atomic E-state index is 11.5. The van der Waals surface area contributed by atoms with Gasteiger partial charge in [0.15, 0.2) is 0 Å². The Balaban J connectivity index is 5.48. The summed E-state index contributed by atoms with van der Waals surface area (Å²) in [5.74, 6) is -1.97. The second kappa shape index (κ2) is 12.1. The maximum absolute atomic E-state index is 11.5. The van der Waals surface area contributed by atoms with Gasteiger partial charge in [-0.3, -0.25) is 0 Å². The highest BCUT2D eigenvalue weighted by Crippen LogP contribution is 2.26. The number of esters is 3. The molecule has 0 atom stereocenters. The molecule has 0 aliphatic carbocycles. The van der Waals surface area contributed by atoms with E-state index in [1.165, 1.54) is 0 Å². The van der Waals surface area contributed by atoms with Crippen molar-refractivity contribution in [1.29, 1.82) is 0 Å². The molecule has 0 bridgehead atoms. The Morgan fingerprint density at radius 1 is 0.778 bits per heavy atom. The molecule has 0 aromatic heterocycles. The van der Waals surface area contributed by atoms with Crippen LogP contribution in [0.15, 0.2) is 38.0 Å². The molecule has 0 aliphatic rings. The van der Waals surface area contributed by atoms with Gasteiger partial charge in [0.1, 0.15) is 19.8 Å². The van der Waals surface area contributed by atoms with Crippen molar-refractivity contribution in [1.82, 2.24) is 0 Å². The Morgan fingerprint density at radius 3 is 1.44 bits per heavy atom. The largest absolute Gasteiger partial charge is 0.462 e. The molecule has 0 aliphatic heterocycles. The van der Waals surface area contributed by atoms with Gasteiger partial charge in [-0.05, 0) is 20.3 Å². The van der Waals surface area contributed by atoms with E-state index < -0.39 is 28.9 Å². The van der Waals surface area contributed by atoms with E-state index in [-0.39, 0.29) is 26.4 Å². The van der Waals surface area contributed by atoms with Gasteiger partial charge < -0.3 is 18.9 Å². The average Bonchev–Trinajstić information content (AvgIpc) is 2.65. The summed E-state index contributed by atoms with van der Waals surface area (Å²) in [5.41, 5.74) is -1.56. The fourth-order valence-electron chi connectivity index (χ4n) is 2.12. The first-order valence-electron chi connectivity index (χ1n) is 8.65. The molecule has 0 N–H and O–H groups in total. The van der Waals surface area contributed by atoms with Crippen LogP contribution in [0.3, 0.4) is 0 Å². The molecule has 0 aromatic rings. The van der Waals surface area contributed by atoms with Gasteiger partial charge in [0.25, 0.3) is 0 Å². The fourth-order valence-corrected chi connectivity index (χ4v) is 2.12. The van der Waals surface area contributed by atoms with E-state index in [0.717, 1.165) is 31.1 Å². The molecule has 0 fully saturated rings. The highest BCUT2D eigenvalue weighted by molar-refractivity contribution is 5.82. The Labute approximate surface area is 161 Å². The monoisotopic (exact) mass is 382 g/mol. The summed E-state index contributed by atoms with van der Waals surface area (Å²) < 4.78 is 21.4. The van der Waals surface area contributed by atoms with Crippen LogP contribution in [0.4, 0.5) is 0 Å². The first kappa shape index (κ1) is 24.6. The molecule has 7 nitrogen and oxygen atoms in total. The molecule has 0 saturated heterocycles. The van der Waals surface area contributed by atoms with Crippen LogP contribution in [0.25, 0.3) is 0 Å². The van der Waals surface area contributed by atoms with Crippen LogP contribution in [-0.2, 0) is 33.3 Å². The van der Waals surface area contributed by atoms with Crippen LogP contribution in [0.2, 0.25) is 0 Å². The van der Waals surface area contributed by atoms with Gasteiger partial charge in [0.05, 0.1) is 17.6 Å². The van der Waals surface area contributed by atoms with E-state index in [1.807, 2.05) is 20.8 Å². The maximum Gasteiger partial charge on any atom is 0.330 e. The number of ether oxygens (including phenoxy) is 4. The van der Waals surface area contributed by atoms with Crippen molar-refractivity contribution in [2.24, 2.45) is 5.41 Å². The van der Waals surface area contributed by atoms with E-state index in [2.05, 4.69) is 19.7 Å². The number of hydrogen-bond acceptors (Lipinski definition) is 7. The SMILES string of the molecule is C=CC(=O)OCC(COC(=O)C=C)(COC(=O)C=C)COC(C)(C)CCC. The zero-order valence-corrected chi connectivity index (χ0v) is 16.5. The Bertz CT molecular complexity index is 489. The van der Waals surface area contributed by atoms with Crippen molar-refractivity contribution in [2.45, 2.75) is 39.2 Å². The Morgan fingerprint density at radius 2 is 1.15 bits per heavy atom. The number of hydrogen-bond donors (Lipinski definition) is 0. The Kier molecular flexibility index (Phi) is 11.0. The van der Waals surface area contributed by atoms with Gasteiger partial charge in [0, 0.05) is 18.2 Å². The summed E-state index contributed by atoms with van der Waals surface area (Å²) >= 11 is 0. The first-order chi connectivity index (χ1) is 12.6. The summed E-state index contributed by atoms with van der Waals surface area (Å²) in [6.07, 6.45) is 4.73. The van der Waals surface area contributed by atoms with Crippen molar-refractivity contribution >= 4 is 17.9 Å². The van der Waals surface area contributed by atoms with Gasteiger partial charge in [-0.25, -0.2) is 14.4 Å². The average molecular weight is 382 g/mol. The molecule has 0 heterocycles. The molecule has 0 aromatic carbocycles. The lowest BCUT2D eigenvalue weighted by Crippen LogP contribution is -2.45. The molecular formula is C20H30O7. The van der Waals surface area contributed by atoms with Crippen LogP contribution in [0.1, 0.15) is 33.6 Å². The molecule has 152 valence electrons. The summed E-state index contributed by atoms with van der Waals surface area (Å²) in [6.45, 7) is 15.3. The van der Waals surface area contributed by atoms with Crippen molar-refractivity contribution in [3.05, 3.63) is 38.0 Å². The highest BCUT2D eigenvalue weighted by atomic mass is 16.6. The molecule has 0 amide bonds. The predicted octanol–water partition coefficient (Wildman–Crippen LogP) is 2.76. The normalized spacial score (nSPS) is 11.2. The van der Waals surface area contributed by atoms with Crippen LogP contribution in [-0.4, -0.2) is 49.9 Å². The highest BCUT2D eigenvalue weighted by Gasteiger charge is 2.38. The minimum Gasteiger partial charge on any atom is -0.462 e. The summed E-state index contributed by atoms with van der Waals surface area (Å²) in [4.78, 5) is 34.6. The smallest absolute Gasteiger partial charge is 0.330 e. The lowest BCUT2D eigenvalue weighted by Gasteiger charge is -2.35. The minimum atomic E-state index is -1.10. The van der Waals surface area contributed by atoms with E-state index in [1.54, 1.807) is 0 Å². The molecule has 0 unspecified atom stereocenters. The van der Waals surface area contributed by atoms with Crippen molar-refractivity contribution in [3.8, 4) is 0 Å². The van der Waals surface area contributed by atoms with Crippen molar-refractivity contribution in [2.75, 3.05) is 26.4 Å². The van der Waals surface area contributed by atoms with Gasteiger partial charge >= 0.3 is 17.9 Å². The van der Waals surface area contributed by atoms with E-state index in [4.69, 9.17) is 18.9 Å².